The Kier molecular flexibility index (Phi) is 6.81. The second-order valence-corrected chi connectivity index (χ2v) is 9.26. The van der Waals surface area contributed by atoms with Gasteiger partial charge in [0, 0.05) is 29.6 Å². The number of hydrogen-bond donors (Lipinski definition) is 2. The van der Waals surface area contributed by atoms with E-state index < -0.39 is 6.36 Å². The van der Waals surface area contributed by atoms with Crippen molar-refractivity contribution < 1.29 is 27.5 Å². The standard InChI is InChI=1S/C24H31F3N2O3/c1-3-6-16-12-17(11-14(2)22(16)30)28-13-19-21(29-32-23(19)15-9-10-15)18-7-4-5-8-20(18)31-24(25,26)27/h4-5,7-8,14-17,22,28,30H,3,6,9-13H2,1-2H3. The third kappa shape index (κ3) is 5.29. The molecule has 0 aliphatic heterocycles. The summed E-state index contributed by atoms with van der Waals surface area (Å²) in [4.78, 5) is 0. The first-order chi connectivity index (χ1) is 15.3. The number of benzene rings is 1. The van der Waals surface area contributed by atoms with Gasteiger partial charge in [-0.05, 0) is 56.1 Å². The van der Waals surface area contributed by atoms with Crippen LogP contribution in [-0.4, -0.2) is 28.8 Å². The molecule has 4 rings (SSSR count). The number of aromatic nitrogens is 1. The highest BCUT2D eigenvalue weighted by atomic mass is 19.4. The number of halogens is 3. The van der Waals surface area contributed by atoms with Gasteiger partial charge < -0.3 is 19.7 Å². The third-order valence-electron chi connectivity index (χ3n) is 6.67. The molecule has 0 radical (unpaired) electrons. The zero-order valence-electron chi connectivity index (χ0n) is 18.5. The quantitative estimate of drug-likeness (QED) is 0.531. The van der Waals surface area contributed by atoms with Gasteiger partial charge >= 0.3 is 6.36 Å². The van der Waals surface area contributed by atoms with Crippen LogP contribution in [0.2, 0.25) is 0 Å². The van der Waals surface area contributed by atoms with Crippen molar-refractivity contribution in [3.8, 4) is 17.0 Å². The van der Waals surface area contributed by atoms with Crippen molar-refractivity contribution in [1.82, 2.24) is 10.5 Å². The lowest BCUT2D eigenvalue weighted by Gasteiger charge is -2.38. The Morgan fingerprint density at radius 2 is 1.97 bits per heavy atom. The summed E-state index contributed by atoms with van der Waals surface area (Å²) in [7, 11) is 0. The van der Waals surface area contributed by atoms with Crippen LogP contribution in [0, 0.1) is 11.8 Å². The highest BCUT2D eigenvalue weighted by Crippen LogP contribution is 2.45. The molecular formula is C24H31F3N2O3. The molecule has 2 fully saturated rings. The average Bonchev–Trinajstić information content (AvgIpc) is 3.49. The summed E-state index contributed by atoms with van der Waals surface area (Å²) >= 11 is 0. The largest absolute Gasteiger partial charge is 0.573 e. The lowest BCUT2D eigenvalue weighted by molar-refractivity contribution is -0.274. The van der Waals surface area contributed by atoms with E-state index in [-0.39, 0.29) is 41.2 Å². The lowest BCUT2D eigenvalue weighted by Crippen LogP contribution is -2.44. The van der Waals surface area contributed by atoms with Gasteiger partial charge in [0.2, 0.25) is 0 Å². The summed E-state index contributed by atoms with van der Waals surface area (Å²) in [6, 6.07) is 6.27. The molecule has 5 nitrogen and oxygen atoms in total. The zero-order valence-corrected chi connectivity index (χ0v) is 18.5. The van der Waals surface area contributed by atoms with E-state index in [0.29, 0.717) is 12.2 Å². The first-order valence-corrected chi connectivity index (χ1v) is 11.5. The van der Waals surface area contributed by atoms with E-state index >= 15 is 0 Å². The van der Waals surface area contributed by atoms with Gasteiger partial charge in [-0.2, -0.15) is 0 Å². The van der Waals surface area contributed by atoms with Crippen LogP contribution in [0.1, 0.15) is 69.6 Å². The maximum Gasteiger partial charge on any atom is 0.573 e. The SMILES string of the molecule is CCCC1CC(NCc2c(-c3ccccc3OC(F)(F)F)noc2C2CC2)CC(C)C1O. The minimum atomic E-state index is -4.79. The molecule has 176 valence electrons. The smallest absolute Gasteiger partial charge is 0.405 e. The molecule has 0 amide bonds. The highest BCUT2D eigenvalue weighted by molar-refractivity contribution is 5.70. The fourth-order valence-corrected chi connectivity index (χ4v) is 4.97. The molecule has 32 heavy (non-hydrogen) atoms. The molecular weight excluding hydrogens is 421 g/mol. The van der Waals surface area contributed by atoms with Crippen LogP contribution < -0.4 is 10.1 Å². The Morgan fingerprint density at radius 1 is 1.22 bits per heavy atom. The Balaban J connectivity index is 1.57. The predicted octanol–water partition coefficient (Wildman–Crippen LogP) is 5.78. The fourth-order valence-electron chi connectivity index (χ4n) is 4.97. The first kappa shape index (κ1) is 23.1. The van der Waals surface area contributed by atoms with Crippen LogP contribution >= 0.6 is 0 Å². The Bertz CT molecular complexity index is 910. The maximum absolute atomic E-state index is 12.9. The Hall–Kier alpha value is -2.06. The maximum atomic E-state index is 12.9. The third-order valence-corrected chi connectivity index (χ3v) is 6.67. The van der Waals surface area contributed by atoms with E-state index in [9.17, 15) is 18.3 Å². The van der Waals surface area contributed by atoms with Crippen LogP contribution in [0.5, 0.6) is 5.75 Å². The van der Waals surface area contributed by atoms with E-state index in [1.165, 1.54) is 12.1 Å². The summed E-state index contributed by atoms with van der Waals surface area (Å²) in [5.41, 5.74) is 1.47. The van der Waals surface area contributed by atoms with Crippen LogP contribution in [0.3, 0.4) is 0 Å². The number of hydrogen-bond acceptors (Lipinski definition) is 5. The van der Waals surface area contributed by atoms with E-state index in [0.717, 1.165) is 49.8 Å². The summed E-state index contributed by atoms with van der Waals surface area (Å²) in [5.74, 6) is 1.19. The normalized spacial score (nSPS) is 26.3. The second kappa shape index (κ2) is 9.43. The molecule has 2 aliphatic carbocycles. The van der Waals surface area contributed by atoms with Gasteiger partial charge in [-0.1, -0.05) is 37.6 Å². The van der Waals surface area contributed by atoms with Crippen molar-refractivity contribution in [2.75, 3.05) is 0 Å². The average molecular weight is 453 g/mol. The minimum absolute atomic E-state index is 0.198. The molecule has 1 aromatic carbocycles. The van der Waals surface area contributed by atoms with Gasteiger partial charge in [0.05, 0.1) is 6.10 Å². The second-order valence-electron chi connectivity index (χ2n) is 9.26. The number of rotatable bonds is 8. The minimum Gasteiger partial charge on any atom is -0.405 e. The van der Waals surface area contributed by atoms with Crippen LogP contribution in [0.25, 0.3) is 11.3 Å². The van der Waals surface area contributed by atoms with Gasteiger partial charge in [0.15, 0.2) is 0 Å². The van der Waals surface area contributed by atoms with Crippen LogP contribution in [-0.2, 0) is 6.54 Å². The summed E-state index contributed by atoms with van der Waals surface area (Å²) in [5, 5.41) is 18.3. The molecule has 2 saturated carbocycles. The van der Waals surface area contributed by atoms with E-state index in [2.05, 4.69) is 29.1 Å². The number of aliphatic hydroxyl groups is 1. The van der Waals surface area contributed by atoms with Crippen molar-refractivity contribution in [2.45, 2.75) is 83.3 Å². The molecule has 1 heterocycles. The molecule has 0 bridgehead atoms. The molecule has 8 heteroatoms. The number of para-hydroxylation sites is 1. The Labute approximate surface area is 186 Å². The number of nitrogens with zero attached hydrogens (tertiary/aromatic N) is 1. The molecule has 0 saturated heterocycles. The lowest BCUT2D eigenvalue weighted by atomic mass is 9.75. The van der Waals surface area contributed by atoms with Crippen molar-refractivity contribution >= 4 is 0 Å². The zero-order chi connectivity index (χ0) is 22.9. The summed E-state index contributed by atoms with van der Waals surface area (Å²) in [6.45, 7) is 4.66. The molecule has 4 atom stereocenters. The number of ether oxygens (including phenoxy) is 1. The van der Waals surface area contributed by atoms with Crippen molar-refractivity contribution in [1.29, 1.82) is 0 Å². The number of aliphatic hydroxyl groups excluding tert-OH is 1. The van der Waals surface area contributed by atoms with Gasteiger partial charge in [0.1, 0.15) is 17.2 Å². The molecule has 2 aliphatic rings. The van der Waals surface area contributed by atoms with E-state index in [1.807, 2.05) is 0 Å². The van der Waals surface area contributed by atoms with Crippen LogP contribution in [0.15, 0.2) is 28.8 Å². The van der Waals surface area contributed by atoms with Gasteiger partial charge in [-0.25, -0.2) is 0 Å². The molecule has 0 spiro atoms. The molecule has 2 N–H and O–H groups in total. The van der Waals surface area contributed by atoms with E-state index in [1.54, 1.807) is 12.1 Å². The summed E-state index contributed by atoms with van der Waals surface area (Å²) in [6.07, 6.45) is 0.663. The van der Waals surface area contributed by atoms with Gasteiger partial charge in [0.25, 0.3) is 0 Å². The molecule has 4 unspecified atom stereocenters. The number of nitrogens with one attached hydrogen (secondary N) is 1. The fraction of sp³-hybridized carbons (Fsp3) is 0.625. The van der Waals surface area contributed by atoms with Crippen LogP contribution in [0.4, 0.5) is 13.2 Å². The first-order valence-electron chi connectivity index (χ1n) is 11.5. The van der Waals surface area contributed by atoms with Gasteiger partial charge in [-0.3, -0.25) is 0 Å². The highest BCUT2D eigenvalue weighted by Gasteiger charge is 2.37. The predicted molar refractivity (Wildman–Crippen MR) is 114 cm³/mol. The van der Waals surface area contributed by atoms with Crippen molar-refractivity contribution in [3.05, 3.63) is 35.6 Å². The van der Waals surface area contributed by atoms with E-state index in [4.69, 9.17) is 4.52 Å². The topological polar surface area (TPSA) is 67.5 Å². The Morgan fingerprint density at radius 3 is 2.66 bits per heavy atom. The summed E-state index contributed by atoms with van der Waals surface area (Å²) < 4.78 is 48.7. The monoisotopic (exact) mass is 452 g/mol. The van der Waals surface area contributed by atoms with Gasteiger partial charge in [-0.15, -0.1) is 13.2 Å². The van der Waals surface area contributed by atoms with Crippen molar-refractivity contribution in [2.24, 2.45) is 11.8 Å². The number of alkyl halides is 3. The molecule has 2 aromatic rings. The molecule has 1 aromatic heterocycles. The van der Waals surface area contributed by atoms with Crippen molar-refractivity contribution in [3.63, 3.8) is 0 Å².